The molecule has 0 saturated heterocycles. The molecule has 1 aliphatic heterocycles. The Morgan fingerprint density at radius 2 is 2.04 bits per heavy atom. The van der Waals surface area contributed by atoms with Gasteiger partial charge in [-0.15, -0.1) is 11.3 Å². The second kappa shape index (κ2) is 7.23. The first kappa shape index (κ1) is 15.5. The Kier molecular flexibility index (Phi) is 4.87. The van der Waals surface area contributed by atoms with E-state index >= 15 is 0 Å². The maximum absolute atomic E-state index is 12.2. The van der Waals surface area contributed by atoms with Gasteiger partial charge in [0.05, 0.1) is 6.54 Å². The molecule has 3 heterocycles. The van der Waals surface area contributed by atoms with Crippen LogP contribution in [0.25, 0.3) is 0 Å². The number of hydrogen-bond donors (Lipinski definition) is 2. The van der Waals surface area contributed by atoms with E-state index in [1.807, 2.05) is 12.1 Å². The average molecular weight is 330 g/mol. The van der Waals surface area contributed by atoms with Crippen LogP contribution in [0.15, 0.2) is 36.0 Å². The van der Waals surface area contributed by atoms with Gasteiger partial charge in [-0.3, -0.25) is 9.78 Å². The number of pyridine rings is 1. The fraction of sp³-hybridized carbons (Fsp3) is 0.312. The molecule has 0 fully saturated rings. The van der Waals surface area contributed by atoms with Crippen LogP contribution in [0.2, 0.25) is 0 Å². The molecule has 0 bridgehead atoms. The lowest BCUT2D eigenvalue weighted by Gasteiger charge is -2.27. The smallest absolute Gasteiger partial charge is 0.315 e. The van der Waals surface area contributed by atoms with Crippen LogP contribution in [-0.4, -0.2) is 34.9 Å². The number of amides is 3. The van der Waals surface area contributed by atoms with Gasteiger partial charge in [-0.05, 0) is 41.1 Å². The van der Waals surface area contributed by atoms with E-state index in [0.29, 0.717) is 19.6 Å². The van der Waals surface area contributed by atoms with Crippen molar-refractivity contribution in [2.24, 2.45) is 0 Å². The van der Waals surface area contributed by atoms with Crippen molar-refractivity contribution in [3.63, 3.8) is 0 Å². The molecular weight excluding hydrogens is 312 g/mol. The summed E-state index contributed by atoms with van der Waals surface area (Å²) in [5, 5.41) is 7.39. The Bertz CT molecular complexity index is 686. The van der Waals surface area contributed by atoms with Gasteiger partial charge in [-0.2, -0.15) is 0 Å². The van der Waals surface area contributed by atoms with Crippen molar-refractivity contribution < 1.29 is 9.59 Å². The number of carbonyl (C=O) groups excluding carboxylic acids is 2. The summed E-state index contributed by atoms with van der Waals surface area (Å²) in [7, 11) is 0. The number of rotatable bonds is 4. The fourth-order valence-corrected chi connectivity index (χ4v) is 3.36. The zero-order valence-electron chi connectivity index (χ0n) is 12.6. The molecule has 120 valence electrons. The number of fused-ring (bicyclic) bond motifs is 1. The minimum absolute atomic E-state index is 0.0155. The first-order chi connectivity index (χ1) is 11.2. The molecular formula is C16H18N4O2S. The number of nitrogens with one attached hydrogen (secondary N) is 2. The lowest BCUT2D eigenvalue weighted by molar-refractivity contribution is -0.130. The SMILES string of the molecule is O=C(NCC(=O)N1CCc2sccc2C1)NCc1ccncc1. The van der Waals surface area contributed by atoms with Crippen LogP contribution in [0.5, 0.6) is 0 Å². The van der Waals surface area contributed by atoms with Gasteiger partial charge in [0, 0.05) is 36.9 Å². The number of urea groups is 1. The Morgan fingerprint density at radius 1 is 1.22 bits per heavy atom. The Balaban J connectivity index is 1.41. The van der Waals surface area contributed by atoms with Gasteiger partial charge < -0.3 is 15.5 Å². The first-order valence-electron chi connectivity index (χ1n) is 7.46. The van der Waals surface area contributed by atoms with Gasteiger partial charge in [0.2, 0.25) is 5.91 Å². The summed E-state index contributed by atoms with van der Waals surface area (Å²) in [5.74, 6) is -0.0547. The zero-order chi connectivity index (χ0) is 16.1. The van der Waals surface area contributed by atoms with Crippen LogP contribution < -0.4 is 10.6 Å². The molecule has 0 aromatic carbocycles. The molecule has 2 aromatic rings. The van der Waals surface area contributed by atoms with E-state index < -0.39 is 0 Å². The van der Waals surface area contributed by atoms with E-state index in [1.54, 1.807) is 28.6 Å². The molecule has 1 aliphatic rings. The van der Waals surface area contributed by atoms with Crippen LogP contribution in [0.3, 0.4) is 0 Å². The molecule has 7 heteroatoms. The van der Waals surface area contributed by atoms with Gasteiger partial charge in [0.25, 0.3) is 0 Å². The van der Waals surface area contributed by atoms with Gasteiger partial charge in [0.15, 0.2) is 0 Å². The summed E-state index contributed by atoms with van der Waals surface area (Å²) in [4.78, 5) is 31.0. The number of aromatic nitrogens is 1. The normalized spacial score (nSPS) is 13.3. The molecule has 0 unspecified atom stereocenters. The average Bonchev–Trinajstić information content (AvgIpc) is 3.06. The predicted octanol–water partition coefficient (Wildman–Crippen LogP) is 1.53. The molecule has 3 amide bonds. The van der Waals surface area contributed by atoms with Crippen LogP contribution >= 0.6 is 11.3 Å². The van der Waals surface area contributed by atoms with Crippen molar-refractivity contribution in [3.05, 3.63) is 52.0 Å². The third-order valence-electron chi connectivity index (χ3n) is 3.76. The van der Waals surface area contributed by atoms with Crippen LogP contribution in [-0.2, 0) is 24.3 Å². The van der Waals surface area contributed by atoms with Crippen molar-refractivity contribution in [1.29, 1.82) is 0 Å². The standard InChI is InChI=1S/C16H18N4O2S/c21-15(20-7-3-14-13(11-20)4-8-23-14)10-19-16(22)18-9-12-1-5-17-6-2-12/h1-2,4-6,8H,3,7,9-11H2,(H2,18,19,22). The third kappa shape index (κ3) is 4.07. The highest BCUT2D eigenvalue weighted by atomic mass is 32.1. The number of carbonyl (C=O) groups is 2. The Labute approximate surface area is 138 Å². The maximum Gasteiger partial charge on any atom is 0.315 e. The van der Waals surface area contributed by atoms with Crippen molar-refractivity contribution in [1.82, 2.24) is 20.5 Å². The summed E-state index contributed by atoms with van der Waals surface area (Å²) < 4.78 is 0. The second-order valence-electron chi connectivity index (χ2n) is 5.33. The summed E-state index contributed by atoms with van der Waals surface area (Å²) in [5.41, 5.74) is 2.18. The topological polar surface area (TPSA) is 74.3 Å². The third-order valence-corrected chi connectivity index (χ3v) is 4.79. The van der Waals surface area contributed by atoms with E-state index in [9.17, 15) is 9.59 Å². The summed E-state index contributed by atoms with van der Waals surface area (Å²) >= 11 is 1.74. The quantitative estimate of drug-likeness (QED) is 0.893. The van der Waals surface area contributed by atoms with Crippen LogP contribution in [0, 0.1) is 0 Å². The Morgan fingerprint density at radius 3 is 2.87 bits per heavy atom. The van der Waals surface area contributed by atoms with E-state index in [-0.39, 0.29) is 18.5 Å². The van der Waals surface area contributed by atoms with Crippen molar-refractivity contribution >= 4 is 23.3 Å². The van der Waals surface area contributed by atoms with Crippen molar-refractivity contribution in [2.45, 2.75) is 19.5 Å². The monoisotopic (exact) mass is 330 g/mol. The molecule has 23 heavy (non-hydrogen) atoms. The largest absolute Gasteiger partial charge is 0.336 e. The van der Waals surface area contributed by atoms with Crippen LogP contribution in [0.1, 0.15) is 16.0 Å². The maximum atomic E-state index is 12.2. The molecule has 6 nitrogen and oxygen atoms in total. The predicted molar refractivity (Wildman–Crippen MR) is 87.9 cm³/mol. The minimum atomic E-state index is -0.344. The number of hydrogen-bond acceptors (Lipinski definition) is 4. The van der Waals surface area contributed by atoms with E-state index in [0.717, 1.165) is 12.0 Å². The highest BCUT2D eigenvalue weighted by Crippen LogP contribution is 2.23. The number of nitrogens with zero attached hydrogens (tertiary/aromatic N) is 2. The van der Waals surface area contributed by atoms with E-state index in [1.165, 1.54) is 10.4 Å². The molecule has 0 radical (unpaired) electrons. The summed E-state index contributed by atoms with van der Waals surface area (Å²) in [6, 6.07) is 5.38. The van der Waals surface area contributed by atoms with Gasteiger partial charge in [0.1, 0.15) is 0 Å². The molecule has 0 atom stereocenters. The molecule has 2 aromatic heterocycles. The van der Waals surface area contributed by atoms with Crippen LogP contribution in [0.4, 0.5) is 4.79 Å². The van der Waals surface area contributed by atoms with Crippen molar-refractivity contribution in [3.8, 4) is 0 Å². The van der Waals surface area contributed by atoms with Gasteiger partial charge in [-0.1, -0.05) is 0 Å². The summed E-state index contributed by atoms with van der Waals surface area (Å²) in [6.45, 7) is 1.77. The number of thiophene rings is 1. The minimum Gasteiger partial charge on any atom is -0.336 e. The van der Waals surface area contributed by atoms with E-state index in [4.69, 9.17) is 0 Å². The van der Waals surface area contributed by atoms with Gasteiger partial charge in [-0.25, -0.2) is 4.79 Å². The fourth-order valence-electron chi connectivity index (χ4n) is 2.47. The zero-order valence-corrected chi connectivity index (χ0v) is 13.4. The second-order valence-corrected chi connectivity index (χ2v) is 6.33. The molecule has 0 saturated carbocycles. The highest BCUT2D eigenvalue weighted by molar-refractivity contribution is 7.10. The summed E-state index contributed by atoms with van der Waals surface area (Å²) in [6.07, 6.45) is 4.24. The Hall–Kier alpha value is -2.41. The molecule has 0 spiro atoms. The molecule has 2 N–H and O–H groups in total. The van der Waals surface area contributed by atoms with Crippen molar-refractivity contribution in [2.75, 3.05) is 13.1 Å². The molecule has 3 rings (SSSR count). The van der Waals surface area contributed by atoms with Gasteiger partial charge >= 0.3 is 6.03 Å². The first-order valence-corrected chi connectivity index (χ1v) is 8.34. The lowest BCUT2D eigenvalue weighted by Crippen LogP contribution is -2.44. The van der Waals surface area contributed by atoms with E-state index in [2.05, 4.69) is 27.1 Å². The highest BCUT2D eigenvalue weighted by Gasteiger charge is 2.21. The molecule has 0 aliphatic carbocycles. The lowest BCUT2D eigenvalue weighted by atomic mass is 10.1.